The van der Waals surface area contributed by atoms with E-state index >= 15 is 0 Å². The number of amides is 2. The molecule has 5 heteroatoms. The molecule has 2 amide bonds. The molecule has 1 aromatic carbocycles. The minimum absolute atomic E-state index is 0.163. The first-order valence-corrected chi connectivity index (χ1v) is 5.56. The van der Waals surface area contributed by atoms with Crippen LogP contribution in [0.5, 0.6) is 0 Å². The average molecular weight is 248 g/mol. The van der Waals surface area contributed by atoms with Crippen molar-refractivity contribution in [3.63, 3.8) is 0 Å². The maximum absolute atomic E-state index is 11.6. The Hall–Kier alpha value is -2.17. The van der Waals surface area contributed by atoms with Crippen LogP contribution in [0.4, 0.5) is 5.69 Å². The van der Waals surface area contributed by atoms with Crippen molar-refractivity contribution >= 4 is 23.3 Å². The van der Waals surface area contributed by atoms with E-state index in [-0.39, 0.29) is 24.0 Å². The number of Topliss-reactive ketones (excluding diaryl/α,β-unsaturated/α-hetero) is 1. The van der Waals surface area contributed by atoms with Gasteiger partial charge in [-0.05, 0) is 31.5 Å². The topological polar surface area (TPSA) is 75.3 Å². The van der Waals surface area contributed by atoms with Crippen LogP contribution < -0.4 is 10.6 Å². The van der Waals surface area contributed by atoms with Gasteiger partial charge in [-0.2, -0.15) is 0 Å². The number of nitrogens with one attached hydrogen (secondary N) is 2. The fraction of sp³-hybridized carbons (Fsp3) is 0.308. The van der Waals surface area contributed by atoms with Gasteiger partial charge in [-0.15, -0.1) is 0 Å². The lowest BCUT2D eigenvalue weighted by atomic mass is 10.1. The highest BCUT2D eigenvalue weighted by Crippen LogP contribution is 2.19. The van der Waals surface area contributed by atoms with Crippen LogP contribution in [0.2, 0.25) is 0 Å². The van der Waals surface area contributed by atoms with Crippen molar-refractivity contribution < 1.29 is 14.4 Å². The van der Waals surface area contributed by atoms with E-state index in [0.717, 1.165) is 0 Å². The van der Waals surface area contributed by atoms with Crippen molar-refractivity contribution in [2.24, 2.45) is 0 Å². The van der Waals surface area contributed by atoms with Crippen LogP contribution in [-0.2, 0) is 9.59 Å². The van der Waals surface area contributed by atoms with Gasteiger partial charge in [0, 0.05) is 18.3 Å². The molecule has 1 rings (SSSR count). The maximum atomic E-state index is 11.6. The van der Waals surface area contributed by atoms with E-state index in [0.29, 0.717) is 16.8 Å². The van der Waals surface area contributed by atoms with Gasteiger partial charge in [-0.3, -0.25) is 14.4 Å². The van der Waals surface area contributed by atoms with Gasteiger partial charge in [0.25, 0.3) is 5.91 Å². The third-order valence-electron chi connectivity index (χ3n) is 2.49. The molecule has 2 N–H and O–H groups in total. The highest BCUT2D eigenvalue weighted by molar-refractivity contribution is 6.05. The fourth-order valence-electron chi connectivity index (χ4n) is 1.57. The van der Waals surface area contributed by atoms with E-state index in [9.17, 15) is 14.4 Å². The largest absolute Gasteiger partial charge is 0.355 e. The summed E-state index contributed by atoms with van der Waals surface area (Å²) in [6.07, 6.45) is -0.163. The van der Waals surface area contributed by atoms with Crippen molar-refractivity contribution in [1.29, 1.82) is 0 Å². The fourth-order valence-corrected chi connectivity index (χ4v) is 1.57. The Morgan fingerprint density at radius 3 is 2.44 bits per heavy atom. The van der Waals surface area contributed by atoms with Crippen molar-refractivity contribution in [1.82, 2.24) is 5.32 Å². The number of carbonyl (C=O) groups is 3. The first-order valence-electron chi connectivity index (χ1n) is 5.56. The number of benzene rings is 1. The number of ketones is 1. The molecular formula is C13H16N2O3. The van der Waals surface area contributed by atoms with Gasteiger partial charge in [0.2, 0.25) is 5.91 Å². The Bertz CT molecular complexity index is 495. The average Bonchev–Trinajstić information content (AvgIpc) is 2.30. The normalized spacial score (nSPS) is 9.72. The van der Waals surface area contributed by atoms with E-state index in [1.54, 1.807) is 32.2 Å². The van der Waals surface area contributed by atoms with Crippen molar-refractivity contribution in [3.05, 3.63) is 29.3 Å². The summed E-state index contributed by atoms with van der Waals surface area (Å²) in [5.41, 5.74) is 1.72. The second kappa shape index (κ2) is 5.95. The molecule has 0 unspecified atom stereocenters. The van der Waals surface area contributed by atoms with Gasteiger partial charge in [0.1, 0.15) is 5.78 Å². The molecule has 0 spiro atoms. The van der Waals surface area contributed by atoms with Gasteiger partial charge in [0.05, 0.1) is 6.42 Å². The molecule has 96 valence electrons. The minimum atomic E-state index is -0.375. The second-order valence-electron chi connectivity index (χ2n) is 3.98. The van der Waals surface area contributed by atoms with E-state index in [2.05, 4.69) is 10.6 Å². The molecule has 0 atom stereocenters. The van der Waals surface area contributed by atoms with Crippen LogP contribution in [0, 0.1) is 6.92 Å². The monoisotopic (exact) mass is 248 g/mol. The zero-order chi connectivity index (χ0) is 13.7. The van der Waals surface area contributed by atoms with Crippen LogP contribution in [-0.4, -0.2) is 24.6 Å². The summed E-state index contributed by atoms with van der Waals surface area (Å²) in [7, 11) is 1.54. The molecular weight excluding hydrogens is 232 g/mol. The van der Waals surface area contributed by atoms with E-state index in [1.807, 2.05) is 0 Å². The van der Waals surface area contributed by atoms with E-state index < -0.39 is 0 Å². The lowest BCUT2D eigenvalue weighted by molar-refractivity contribution is -0.124. The molecule has 0 saturated carbocycles. The standard InChI is InChI=1S/C13H16N2O3/c1-8(16)7-12(17)15-11-6-4-5-10(9(11)2)13(18)14-3/h4-6H,7H2,1-3H3,(H,14,18)(H,15,17). The number of hydrogen-bond donors (Lipinski definition) is 2. The predicted molar refractivity (Wildman–Crippen MR) is 68.5 cm³/mol. The first-order chi connectivity index (χ1) is 8.45. The molecule has 0 aliphatic carbocycles. The first kappa shape index (κ1) is 13.9. The zero-order valence-electron chi connectivity index (χ0n) is 10.7. The van der Waals surface area contributed by atoms with Gasteiger partial charge < -0.3 is 10.6 Å². The highest BCUT2D eigenvalue weighted by Gasteiger charge is 2.12. The zero-order valence-corrected chi connectivity index (χ0v) is 10.7. The van der Waals surface area contributed by atoms with Crippen LogP contribution in [0.1, 0.15) is 29.3 Å². The molecule has 0 fully saturated rings. The quantitative estimate of drug-likeness (QED) is 0.788. The summed E-state index contributed by atoms with van der Waals surface area (Å²) in [6.45, 7) is 3.10. The lowest BCUT2D eigenvalue weighted by Gasteiger charge is -2.11. The number of hydrogen-bond acceptors (Lipinski definition) is 3. The number of carbonyl (C=O) groups excluding carboxylic acids is 3. The molecule has 0 aliphatic heterocycles. The van der Waals surface area contributed by atoms with Gasteiger partial charge in [-0.25, -0.2) is 0 Å². The molecule has 18 heavy (non-hydrogen) atoms. The Kier molecular flexibility index (Phi) is 4.59. The molecule has 0 aliphatic rings. The molecule has 0 bridgehead atoms. The third-order valence-corrected chi connectivity index (χ3v) is 2.49. The summed E-state index contributed by atoms with van der Waals surface area (Å²) in [5.74, 6) is -0.789. The molecule has 1 aromatic rings. The van der Waals surface area contributed by atoms with Crippen LogP contribution in [0.25, 0.3) is 0 Å². The second-order valence-corrected chi connectivity index (χ2v) is 3.98. The van der Waals surface area contributed by atoms with Crippen molar-refractivity contribution in [2.75, 3.05) is 12.4 Å². The molecule has 5 nitrogen and oxygen atoms in total. The minimum Gasteiger partial charge on any atom is -0.355 e. The highest BCUT2D eigenvalue weighted by atomic mass is 16.2. The summed E-state index contributed by atoms with van der Waals surface area (Å²) in [6, 6.07) is 5.05. The summed E-state index contributed by atoms with van der Waals surface area (Å²) in [4.78, 5) is 33.9. The van der Waals surface area contributed by atoms with Gasteiger partial charge >= 0.3 is 0 Å². The van der Waals surface area contributed by atoms with Gasteiger partial charge in [-0.1, -0.05) is 6.07 Å². The van der Waals surface area contributed by atoms with E-state index in [4.69, 9.17) is 0 Å². The Labute approximate surface area is 106 Å². The Morgan fingerprint density at radius 1 is 1.22 bits per heavy atom. The smallest absolute Gasteiger partial charge is 0.251 e. The number of rotatable bonds is 4. The maximum Gasteiger partial charge on any atom is 0.251 e. The molecule has 0 aromatic heterocycles. The van der Waals surface area contributed by atoms with Gasteiger partial charge in [0.15, 0.2) is 0 Å². The molecule has 0 saturated heterocycles. The SMILES string of the molecule is CNC(=O)c1cccc(NC(=O)CC(C)=O)c1C. The Balaban J connectivity index is 2.94. The molecule has 0 radical (unpaired) electrons. The van der Waals surface area contributed by atoms with Crippen LogP contribution in [0.15, 0.2) is 18.2 Å². The van der Waals surface area contributed by atoms with Crippen molar-refractivity contribution in [3.8, 4) is 0 Å². The van der Waals surface area contributed by atoms with Crippen LogP contribution >= 0.6 is 0 Å². The molecule has 0 heterocycles. The lowest BCUT2D eigenvalue weighted by Crippen LogP contribution is -2.20. The summed E-state index contributed by atoms with van der Waals surface area (Å²) in [5, 5.41) is 5.15. The third kappa shape index (κ3) is 3.41. The summed E-state index contributed by atoms with van der Waals surface area (Å²) < 4.78 is 0. The van der Waals surface area contributed by atoms with Crippen molar-refractivity contribution in [2.45, 2.75) is 20.3 Å². The summed E-state index contributed by atoms with van der Waals surface area (Å²) >= 11 is 0. The predicted octanol–water partition coefficient (Wildman–Crippen LogP) is 1.27. The Morgan fingerprint density at radius 2 is 1.89 bits per heavy atom. The number of anilines is 1. The van der Waals surface area contributed by atoms with E-state index in [1.165, 1.54) is 6.92 Å². The van der Waals surface area contributed by atoms with Crippen LogP contribution in [0.3, 0.4) is 0 Å².